The molecular formula is C22H40N6O2. The highest BCUT2D eigenvalue weighted by Crippen LogP contribution is 2.13. The van der Waals surface area contributed by atoms with Crippen molar-refractivity contribution in [3.8, 4) is 0 Å². The Bertz CT molecular complexity index is 564. The molecule has 2 fully saturated rings. The van der Waals surface area contributed by atoms with Crippen LogP contribution in [0.25, 0.3) is 0 Å². The average Bonchev–Trinajstić information content (AvgIpc) is 2.68. The van der Waals surface area contributed by atoms with Gasteiger partial charge in [0.05, 0.1) is 24.4 Å². The number of nitrogens with zero attached hydrogens (tertiary/aromatic N) is 4. The highest BCUT2D eigenvalue weighted by atomic mass is 16.5. The summed E-state index contributed by atoms with van der Waals surface area (Å²) in [6, 6.07) is 2.00. The van der Waals surface area contributed by atoms with Gasteiger partial charge >= 0.3 is 0 Å². The van der Waals surface area contributed by atoms with Gasteiger partial charge in [0.1, 0.15) is 18.0 Å². The SMILES string of the molecule is CC1CN(CCCNc2cc(NCCCN3CC(C)OC(C)C3)ncn2)CC(C)O1. The molecule has 0 radical (unpaired) electrons. The molecule has 1 aromatic rings. The van der Waals surface area contributed by atoms with E-state index in [-0.39, 0.29) is 0 Å². The Morgan fingerprint density at radius 3 is 1.57 bits per heavy atom. The fraction of sp³-hybridized carbons (Fsp3) is 0.818. The normalized spacial score (nSPS) is 28.4. The van der Waals surface area contributed by atoms with Crippen LogP contribution in [-0.2, 0) is 9.47 Å². The summed E-state index contributed by atoms with van der Waals surface area (Å²) >= 11 is 0. The van der Waals surface area contributed by atoms with Crippen molar-refractivity contribution in [2.75, 3.05) is 63.0 Å². The van der Waals surface area contributed by atoms with E-state index in [0.29, 0.717) is 24.4 Å². The third-order valence-corrected chi connectivity index (χ3v) is 5.57. The van der Waals surface area contributed by atoms with Crippen molar-refractivity contribution in [2.24, 2.45) is 0 Å². The molecule has 3 rings (SSSR count). The summed E-state index contributed by atoms with van der Waals surface area (Å²) in [5.41, 5.74) is 0. The molecule has 4 atom stereocenters. The first kappa shape index (κ1) is 23.2. The molecule has 0 aromatic carbocycles. The second-order valence-electron chi connectivity index (χ2n) is 8.88. The van der Waals surface area contributed by atoms with Gasteiger partial charge in [0.25, 0.3) is 0 Å². The Balaban J connectivity index is 1.30. The maximum Gasteiger partial charge on any atom is 0.131 e. The second-order valence-corrected chi connectivity index (χ2v) is 8.88. The van der Waals surface area contributed by atoms with Gasteiger partial charge < -0.3 is 20.1 Å². The molecule has 0 bridgehead atoms. The molecule has 2 N–H and O–H groups in total. The molecule has 170 valence electrons. The minimum Gasteiger partial charge on any atom is -0.373 e. The third kappa shape index (κ3) is 7.98. The van der Waals surface area contributed by atoms with Gasteiger partial charge in [0, 0.05) is 58.4 Å². The van der Waals surface area contributed by atoms with Gasteiger partial charge in [0.2, 0.25) is 0 Å². The molecule has 3 heterocycles. The van der Waals surface area contributed by atoms with Crippen molar-refractivity contribution >= 4 is 11.6 Å². The van der Waals surface area contributed by atoms with Crippen LogP contribution in [0.3, 0.4) is 0 Å². The quantitative estimate of drug-likeness (QED) is 0.559. The summed E-state index contributed by atoms with van der Waals surface area (Å²) in [5.74, 6) is 1.76. The zero-order valence-electron chi connectivity index (χ0n) is 19.1. The number of anilines is 2. The van der Waals surface area contributed by atoms with Gasteiger partial charge in [0.15, 0.2) is 0 Å². The topological polar surface area (TPSA) is 74.8 Å². The first-order valence-corrected chi connectivity index (χ1v) is 11.5. The van der Waals surface area contributed by atoms with E-state index >= 15 is 0 Å². The van der Waals surface area contributed by atoms with Gasteiger partial charge in [-0.1, -0.05) is 0 Å². The van der Waals surface area contributed by atoms with E-state index in [1.165, 1.54) is 0 Å². The second kappa shape index (κ2) is 11.8. The smallest absolute Gasteiger partial charge is 0.131 e. The van der Waals surface area contributed by atoms with E-state index in [0.717, 1.165) is 76.8 Å². The summed E-state index contributed by atoms with van der Waals surface area (Å²) in [5, 5.41) is 6.86. The zero-order valence-corrected chi connectivity index (χ0v) is 19.1. The van der Waals surface area contributed by atoms with Crippen LogP contribution >= 0.6 is 0 Å². The predicted octanol–water partition coefficient (Wildman–Crippen LogP) is 2.30. The van der Waals surface area contributed by atoms with Crippen molar-refractivity contribution in [2.45, 2.75) is 65.0 Å². The lowest BCUT2D eigenvalue weighted by Gasteiger charge is -2.35. The molecule has 2 saturated heterocycles. The maximum atomic E-state index is 5.80. The summed E-state index contributed by atoms with van der Waals surface area (Å²) in [6.45, 7) is 16.7. The van der Waals surface area contributed by atoms with Crippen molar-refractivity contribution < 1.29 is 9.47 Å². The molecule has 2 aliphatic heterocycles. The molecule has 0 saturated carbocycles. The van der Waals surface area contributed by atoms with Crippen molar-refractivity contribution in [3.05, 3.63) is 12.4 Å². The lowest BCUT2D eigenvalue weighted by Crippen LogP contribution is -2.45. The minimum atomic E-state index is 0.326. The molecule has 0 spiro atoms. The van der Waals surface area contributed by atoms with Crippen LogP contribution in [0.1, 0.15) is 40.5 Å². The Morgan fingerprint density at radius 2 is 1.17 bits per heavy atom. The van der Waals surface area contributed by atoms with E-state index < -0.39 is 0 Å². The van der Waals surface area contributed by atoms with E-state index in [9.17, 15) is 0 Å². The number of nitrogens with one attached hydrogen (secondary N) is 2. The van der Waals surface area contributed by atoms with Gasteiger partial charge in [-0.05, 0) is 40.5 Å². The molecule has 4 unspecified atom stereocenters. The lowest BCUT2D eigenvalue weighted by molar-refractivity contribution is -0.0680. The highest BCUT2D eigenvalue weighted by Gasteiger charge is 2.22. The van der Waals surface area contributed by atoms with E-state index in [4.69, 9.17) is 9.47 Å². The molecule has 8 heteroatoms. The maximum absolute atomic E-state index is 5.80. The first-order chi connectivity index (χ1) is 14.5. The fourth-order valence-corrected chi connectivity index (χ4v) is 4.52. The molecule has 0 amide bonds. The molecular weight excluding hydrogens is 380 g/mol. The molecule has 1 aromatic heterocycles. The van der Waals surface area contributed by atoms with E-state index in [1.807, 2.05) is 6.07 Å². The van der Waals surface area contributed by atoms with Crippen LogP contribution in [-0.4, -0.2) is 96.5 Å². The third-order valence-electron chi connectivity index (χ3n) is 5.57. The van der Waals surface area contributed by atoms with Crippen molar-refractivity contribution in [3.63, 3.8) is 0 Å². The standard InChI is InChI=1S/C22H40N6O2/c1-17-12-27(13-18(2)29-17)9-5-7-23-21-11-22(26-16-25-21)24-8-6-10-28-14-19(3)30-20(4)15-28/h11,16-20H,5-10,12-15H2,1-4H3,(H2,23,24,25,26). The summed E-state index contributed by atoms with van der Waals surface area (Å²) in [7, 11) is 0. The van der Waals surface area contributed by atoms with Crippen LogP contribution in [0.5, 0.6) is 0 Å². The van der Waals surface area contributed by atoms with Crippen molar-refractivity contribution in [1.29, 1.82) is 0 Å². The Morgan fingerprint density at radius 1 is 0.767 bits per heavy atom. The average molecular weight is 421 g/mol. The largest absolute Gasteiger partial charge is 0.373 e. The predicted molar refractivity (Wildman–Crippen MR) is 121 cm³/mol. The zero-order chi connectivity index (χ0) is 21.3. The minimum absolute atomic E-state index is 0.326. The Kier molecular flexibility index (Phi) is 9.11. The highest BCUT2D eigenvalue weighted by molar-refractivity contribution is 5.46. The number of hydrogen-bond acceptors (Lipinski definition) is 8. The molecule has 8 nitrogen and oxygen atoms in total. The van der Waals surface area contributed by atoms with Gasteiger partial charge in [-0.3, -0.25) is 9.80 Å². The van der Waals surface area contributed by atoms with E-state index in [1.54, 1.807) is 6.33 Å². The van der Waals surface area contributed by atoms with Gasteiger partial charge in [-0.25, -0.2) is 9.97 Å². The molecule has 30 heavy (non-hydrogen) atoms. The number of rotatable bonds is 10. The van der Waals surface area contributed by atoms with Crippen LogP contribution in [0.2, 0.25) is 0 Å². The summed E-state index contributed by atoms with van der Waals surface area (Å²) < 4.78 is 11.6. The van der Waals surface area contributed by atoms with Crippen LogP contribution in [0.15, 0.2) is 12.4 Å². The van der Waals surface area contributed by atoms with Gasteiger partial charge in [-0.15, -0.1) is 0 Å². The summed E-state index contributed by atoms with van der Waals surface area (Å²) in [6.07, 6.45) is 5.10. The summed E-state index contributed by atoms with van der Waals surface area (Å²) in [4.78, 5) is 13.7. The fourth-order valence-electron chi connectivity index (χ4n) is 4.52. The van der Waals surface area contributed by atoms with Crippen LogP contribution in [0.4, 0.5) is 11.6 Å². The van der Waals surface area contributed by atoms with Crippen molar-refractivity contribution in [1.82, 2.24) is 19.8 Å². The van der Waals surface area contributed by atoms with E-state index in [2.05, 4.69) is 58.1 Å². The molecule has 2 aliphatic rings. The lowest BCUT2D eigenvalue weighted by atomic mass is 10.2. The number of aromatic nitrogens is 2. The van der Waals surface area contributed by atoms with Gasteiger partial charge in [-0.2, -0.15) is 0 Å². The monoisotopic (exact) mass is 420 g/mol. The Hall–Kier alpha value is -1.48. The molecule has 0 aliphatic carbocycles. The number of hydrogen-bond donors (Lipinski definition) is 2. The van der Waals surface area contributed by atoms with Crippen LogP contribution in [0, 0.1) is 0 Å². The Labute approximate surface area is 181 Å². The first-order valence-electron chi connectivity index (χ1n) is 11.5. The number of morpholine rings is 2. The van der Waals surface area contributed by atoms with Crippen LogP contribution < -0.4 is 10.6 Å². The number of ether oxygens (including phenoxy) is 2.